The highest BCUT2D eigenvalue weighted by atomic mass is 32.2. The Morgan fingerprint density at radius 2 is 1.91 bits per heavy atom. The first-order chi connectivity index (χ1) is 5.07. The Morgan fingerprint density at radius 1 is 1.36 bits per heavy atom. The van der Waals surface area contributed by atoms with Gasteiger partial charge in [-0.15, -0.1) is 0 Å². The van der Waals surface area contributed by atoms with Gasteiger partial charge in [0.2, 0.25) is 0 Å². The van der Waals surface area contributed by atoms with Gasteiger partial charge >= 0.3 is 0 Å². The van der Waals surface area contributed by atoms with Crippen molar-refractivity contribution in [1.82, 2.24) is 0 Å². The van der Waals surface area contributed by atoms with Crippen LogP contribution in [0.2, 0.25) is 0 Å². The maximum absolute atomic E-state index is 3.90. The molecule has 0 saturated carbocycles. The van der Waals surface area contributed by atoms with Crippen LogP contribution in [0.25, 0.3) is 0 Å². The summed E-state index contributed by atoms with van der Waals surface area (Å²) in [6.07, 6.45) is 4.19. The average molecular weight is 168 g/mol. The summed E-state index contributed by atoms with van der Waals surface area (Å²) in [5.41, 5.74) is 3.53. The average Bonchev–Trinajstić information content (AvgIpc) is 1.86. The summed E-state index contributed by atoms with van der Waals surface area (Å²) in [5, 5.41) is 0. The summed E-state index contributed by atoms with van der Waals surface area (Å²) < 4.78 is 0. The number of allylic oxidation sites excluding steroid dienone is 3. The summed E-state index contributed by atoms with van der Waals surface area (Å²) in [7, 11) is 0. The van der Waals surface area contributed by atoms with Crippen LogP contribution in [0.5, 0.6) is 0 Å². The van der Waals surface area contributed by atoms with E-state index in [1.807, 2.05) is 25.6 Å². The fraction of sp³-hybridized carbons (Fsp3) is 0.400. The van der Waals surface area contributed by atoms with Gasteiger partial charge in [-0.1, -0.05) is 30.4 Å². The summed E-state index contributed by atoms with van der Waals surface area (Å²) in [4.78, 5) is 0. The normalized spacial score (nSPS) is 11.4. The molecule has 0 aromatic heterocycles. The molecule has 0 rings (SSSR count). The summed E-state index contributed by atoms with van der Waals surface area (Å²) in [6.45, 7) is 11.8. The summed E-state index contributed by atoms with van der Waals surface area (Å²) in [6, 6.07) is 0. The minimum atomic E-state index is 1.03. The first kappa shape index (κ1) is 10.6. The molecule has 0 radical (unpaired) electrons. The molecule has 0 unspecified atom stereocenters. The van der Waals surface area contributed by atoms with E-state index in [1.165, 1.54) is 5.57 Å². The molecule has 0 saturated heterocycles. The molecular weight excluding hydrogens is 152 g/mol. The van der Waals surface area contributed by atoms with Gasteiger partial charge in [0.1, 0.15) is 0 Å². The molecule has 0 atom stereocenters. The van der Waals surface area contributed by atoms with Gasteiger partial charge in [-0.2, -0.15) is 11.8 Å². The third-order valence-corrected chi connectivity index (χ3v) is 1.87. The van der Waals surface area contributed by atoms with Crippen LogP contribution in [0.15, 0.2) is 36.0 Å². The fourth-order valence-corrected chi connectivity index (χ4v) is 1.38. The quantitative estimate of drug-likeness (QED) is 0.579. The van der Waals surface area contributed by atoms with E-state index in [1.54, 1.807) is 0 Å². The Balaban J connectivity index is 4.32. The number of rotatable bonds is 4. The van der Waals surface area contributed by atoms with Crippen LogP contribution in [-0.4, -0.2) is 12.0 Å². The highest BCUT2D eigenvalue weighted by Crippen LogP contribution is 2.14. The van der Waals surface area contributed by atoms with Crippen molar-refractivity contribution in [2.75, 3.05) is 12.0 Å². The zero-order valence-electron chi connectivity index (χ0n) is 7.61. The molecule has 0 N–H and O–H groups in total. The van der Waals surface area contributed by atoms with Crippen LogP contribution in [0.4, 0.5) is 0 Å². The lowest BCUT2D eigenvalue weighted by atomic mass is 10.1. The third-order valence-electron chi connectivity index (χ3n) is 1.27. The molecule has 62 valence electrons. The number of hydrogen-bond acceptors (Lipinski definition) is 1. The molecule has 0 aliphatic heterocycles. The lowest BCUT2D eigenvalue weighted by Crippen LogP contribution is -1.88. The van der Waals surface area contributed by atoms with E-state index in [-0.39, 0.29) is 0 Å². The monoisotopic (exact) mass is 168 g/mol. The van der Waals surface area contributed by atoms with Crippen molar-refractivity contribution >= 4 is 11.8 Å². The second kappa shape index (κ2) is 5.25. The minimum absolute atomic E-state index is 1.03. The highest BCUT2D eigenvalue weighted by Gasteiger charge is 1.95. The van der Waals surface area contributed by atoms with Crippen molar-refractivity contribution in [3.63, 3.8) is 0 Å². The van der Waals surface area contributed by atoms with Crippen molar-refractivity contribution in [1.29, 1.82) is 0 Å². The molecule has 0 nitrogen and oxygen atoms in total. The van der Waals surface area contributed by atoms with Crippen molar-refractivity contribution in [3.8, 4) is 0 Å². The molecule has 1 heteroatoms. The van der Waals surface area contributed by atoms with E-state index in [0.29, 0.717) is 0 Å². The second-order valence-electron chi connectivity index (χ2n) is 2.73. The van der Waals surface area contributed by atoms with E-state index in [9.17, 15) is 0 Å². The molecule has 11 heavy (non-hydrogen) atoms. The topological polar surface area (TPSA) is 0 Å². The molecule has 0 spiro atoms. The van der Waals surface area contributed by atoms with Crippen molar-refractivity contribution < 1.29 is 0 Å². The van der Waals surface area contributed by atoms with Crippen LogP contribution in [0, 0.1) is 0 Å². The van der Waals surface area contributed by atoms with E-state index in [2.05, 4.69) is 25.5 Å². The zero-order chi connectivity index (χ0) is 8.85. The van der Waals surface area contributed by atoms with Gasteiger partial charge in [-0.25, -0.2) is 0 Å². The van der Waals surface area contributed by atoms with Crippen molar-refractivity contribution in [2.24, 2.45) is 0 Å². The van der Waals surface area contributed by atoms with Crippen LogP contribution in [0.1, 0.15) is 13.8 Å². The van der Waals surface area contributed by atoms with Gasteiger partial charge in [0.05, 0.1) is 0 Å². The number of hydrogen-bond donors (Lipinski definition) is 0. The standard InChI is InChI=1S/C10H16S/c1-8(2)6-10(7-11-5)9(3)4/h6H,1,3,7H2,2,4-5H3/b10-6-. The molecule has 0 amide bonds. The van der Waals surface area contributed by atoms with Crippen molar-refractivity contribution in [2.45, 2.75) is 13.8 Å². The Morgan fingerprint density at radius 3 is 2.18 bits per heavy atom. The minimum Gasteiger partial charge on any atom is -0.161 e. The largest absolute Gasteiger partial charge is 0.161 e. The lowest BCUT2D eigenvalue weighted by Gasteiger charge is -2.03. The molecule has 0 aromatic carbocycles. The van der Waals surface area contributed by atoms with E-state index < -0.39 is 0 Å². The lowest BCUT2D eigenvalue weighted by molar-refractivity contribution is 1.35. The zero-order valence-corrected chi connectivity index (χ0v) is 8.42. The van der Waals surface area contributed by atoms with Gasteiger partial charge in [0.25, 0.3) is 0 Å². The Labute approximate surface area is 74.1 Å². The molecule has 0 bridgehead atoms. The Hall–Kier alpha value is -0.430. The SMILES string of the molecule is C=C(C)/C=C(/CSC)C(=C)C. The predicted molar refractivity (Wildman–Crippen MR) is 56.1 cm³/mol. The molecule has 0 fully saturated rings. The highest BCUT2D eigenvalue weighted by molar-refractivity contribution is 7.98. The molecule has 0 aliphatic rings. The Kier molecular flexibility index (Phi) is 5.05. The second-order valence-corrected chi connectivity index (χ2v) is 3.60. The van der Waals surface area contributed by atoms with E-state index in [4.69, 9.17) is 0 Å². The molecule has 0 heterocycles. The van der Waals surface area contributed by atoms with Crippen LogP contribution < -0.4 is 0 Å². The maximum Gasteiger partial charge on any atom is 0.0184 e. The van der Waals surface area contributed by atoms with Gasteiger partial charge in [-0.05, 0) is 25.7 Å². The van der Waals surface area contributed by atoms with Crippen molar-refractivity contribution in [3.05, 3.63) is 36.0 Å². The van der Waals surface area contributed by atoms with Gasteiger partial charge in [-0.3, -0.25) is 0 Å². The van der Waals surface area contributed by atoms with E-state index >= 15 is 0 Å². The third kappa shape index (κ3) is 4.91. The van der Waals surface area contributed by atoms with Crippen LogP contribution >= 0.6 is 11.8 Å². The maximum atomic E-state index is 3.90. The smallest absolute Gasteiger partial charge is 0.0184 e. The predicted octanol–water partition coefficient (Wildman–Crippen LogP) is 3.43. The van der Waals surface area contributed by atoms with Crippen LogP contribution in [-0.2, 0) is 0 Å². The summed E-state index contributed by atoms with van der Waals surface area (Å²) in [5.74, 6) is 1.03. The molecule has 0 aliphatic carbocycles. The Bertz CT molecular complexity index is 187. The fourth-order valence-electron chi connectivity index (χ4n) is 0.741. The van der Waals surface area contributed by atoms with Gasteiger partial charge in [0, 0.05) is 5.75 Å². The first-order valence-electron chi connectivity index (χ1n) is 3.58. The van der Waals surface area contributed by atoms with Gasteiger partial charge < -0.3 is 0 Å². The number of thioether (sulfide) groups is 1. The first-order valence-corrected chi connectivity index (χ1v) is 4.98. The van der Waals surface area contributed by atoms with Gasteiger partial charge in [0.15, 0.2) is 0 Å². The summed E-state index contributed by atoms with van der Waals surface area (Å²) >= 11 is 1.81. The molecular formula is C10H16S. The van der Waals surface area contributed by atoms with E-state index in [0.717, 1.165) is 16.9 Å². The molecule has 0 aromatic rings. The van der Waals surface area contributed by atoms with Crippen LogP contribution in [0.3, 0.4) is 0 Å².